The zero-order chi connectivity index (χ0) is 13.6. The first kappa shape index (κ1) is 15.6. The SMILES string of the molecule is CC(C)C(=O)C(CN)NC(=O)C(C)CC(=O)O. The van der Waals surface area contributed by atoms with Gasteiger partial charge < -0.3 is 16.2 Å². The van der Waals surface area contributed by atoms with E-state index in [0.29, 0.717) is 0 Å². The molecule has 0 rings (SSSR count). The quantitative estimate of drug-likeness (QED) is 0.573. The third-order valence-electron chi connectivity index (χ3n) is 2.39. The molecule has 0 aliphatic heterocycles. The summed E-state index contributed by atoms with van der Waals surface area (Å²) in [5.41, 5.74) is 5.41. The molecule has 0 heterocycles. The molecule has 0 bridgehead atoms. The number of carbonyl (C=O) groups excluding carboxylic acids is 2. The van der Waals surface area contributed by atoms with Crippen molar-refractivity contribution in [1.29, 1.82) is 0 Å². The first-order valence-corrected chi connectivity index (χ1v) is 5.55. The predicted molar refractivity (Wildman–Crippen MR) is 62.2 cm³/mol. The number of carboxylic acids is 1. The van der Waals surface area contributed by atoms with E-state index >= 15 is 0 Å². The smallest absolute Gasteiger partial charge is 0.304 e. The Balaban J connectivity index is 4.43. The molecule has 2 unspecified atom stereocenters. The highest BCUT2D eigenvalue weighted by Crippen LogP contribution is 2.04. The zero-order valence-electron chi connectivity index (χ0n) is 10.4. The third-order valence-corrected chi connectivity index (χ3v) is 2.39. The van der Waals surface area contributed by atoms with E-state index in [2.05, 4.69) is 5.32 Å². The summed E-state index contributed by atoms with van der Waals surface area (Å²) >= 11 is 0. The minimum atomic E-state index is -1.05. The second-order valence-electron chi connectivity index (χ2n) is 4.35. The van der Waals surface area contributed by atoms with Crippen LogP contribution in [0.2, 0.25) is 0 Å². The maximum absolute atomic E-state index is 11.6. The molecule has 0 fully saturated rings. The van der Waals surface area contributed by atoms with Gasteiger partial charge in [-0.25, -0.2) is 0 Å². The van der Waals surface area contributed by atoms with Gasteiger partial charge in [0.2, 0.25) is 5.91 Å². The number of hydrogen-bond acceptors (Lipinski definition) is 4. The zero-order valence-corrected chi connectivity index (χ0v) is 10.4. The van der Waals surface area contributed by atoms with Crippen molar-refractivity contribution < 1.29 is 19.5 Å². The lowest BCUT2D eigenvalue weighted by Crippen LogP contribution is -2.49. The van der Waals surface area contributed by atoms with Gasteiger partial charge in [0.15, 0.2) is 5.78 Å². The number of carboxylic acid groups (broad SMARTS) is 1. The summed E-state index contributed by atoms with van der Waals surface area (Å²) < 4.78 is 0. The van der Waals surface area contributed by atoms with Crippen molar-refractivity contribution in [3.8, 4) is 0 Å². The van der Waals surface area contributed by atoms with E-state index in [9.17, 15) is 14.4 Å². The molecule has 6 nitrogen and oxygen atoms in total. The fraction of sp³-hybridized carbons (Fsp3) is 0.727. The van der Waals surface area contributed by atoms with Crippen molar-refractivity contribution in [2.75, 3.05) is 6.54 Å². The Morgan fingerprint density at radius 2 is 1.76 bits per heavy atom. The summed E-state index contributed by atoms with van der Waals surface area (Å²) in [6, 6.07) is -0.737. The first-order valence-electron chi connectivity index (χ1n) is 5.55. The Morgan fingerprint density at radius 1 is 1.24 bits per heavy atom. The average Bonchev–Trinajstić information content (AvgIpc) is 2.23. The number of rotatable bonds is 7. The second kappa shape index (κ2) is 7.01. The van der Waals surface area contributed by atoms with Crippen molar-refractivity contribution >= 4 is 17.7 Å². The first-order chi connectivity index (χ1) is 7.79. The fourth-order valence-corrected chi connectivity index (χ4v) is 1.32. The third kappa shape index (κ3) is 5.44. The Labute approximate surface area is 101 Å². The Kier molecular flexibility index (Phi) is 6.42. The molecule has 0 saturated heterocycles. The topological polar surface area (TPSA) is 109 Å². The van der Waals surface area contributed by atoms with Gasteiger partial charge in [0.25, 0.3) is 0 Å². The van der Waals surface area contributed by atoms with Gasteiger partial charge in [0, 0.05) is 18.4 Å². The molecule has 0 aliphatic rings. The summed E-state index contributed by atoms with van der Waals surface area (Å²) in [6.45, 7) is 4.95. The molecule has 0 spiro atoms. The van der Waals surface area contributed by atoms with Gasteiger partial charge in [-0.2, -0.15) is 0 Å². The average molecular weight is 244 g/mol. The minimum Gasteiger partial charge on any atom is -0.481 e. The van der Waals surface area contributed by atoms with Crippen LogP contribution in [-0.4, -0.2) is 35.4 Å². The van der Waals surface area contributed by atoms with Crippen LogP contribution < -0.4 is 11.1 Å². The van der Waals surface area contributed by atoms with Gasteiger partial charge in [0.05, 0.1) is 12.5 Å². The van der Waals surface area contributed by atoms with E-state index in [4.69, 9.17) is 10.8 Å². The van der Waals surface area contributed by atoms with Crippen LogP contribution in [0.5, 0.6) is 0 Å². The Morgan fingerprint density at radius 3 is 2.12 bits per heavy atom. The molecule has 0 aliphatic carbocycles. The Hall–Kier alpha value is -1.43. The van der Waals surface area contributed by atoms with E-state index in [0.717, 1.165) is 0 Å². The molecule has 1 amide bonds. The van der Waals surface area contributed by atoms with Crippen molar-refractivity contribution in [3.05, 3.63) is 0 Å². The fourth-order valence-electron chi connectivity index (χ4n) is 1.32. The number of Topliss-reactive ketones (excluding diaryl/α,β-unsaturated/α-hetero) is 1. The summed E-state index contributed by atoms with van der Waals surface area (Å²) in [7, 11) is 0. The number of aliphatic carboxylic acids is 1. The van der Waals surface area contributed by atoms with Crippen LogP contribution in [0.3, 0.4) is 0 Å². The van der Waals surface area contributed by atoms with Crippen LogP contribution in [0.15, 0.2) is 0 Å². The summed E-state index contributed by atoms with van der Waals surface area (Å²) in [5, 5.41) is 11.0. The number of carbonyl (C=O) groups is 3. The second-order valence-corrected chi connectivity index (χ2v) is 4.35. The van der Waals surface area contributed by atoms with Gasteiger partial charge in [-0.3, -0.25) is 14.4 Å². The molecular formula is C11H20N2O4. The molecule has 0 aromatic heterocycles. The highest BCUT2D eigenvalue weighted by atomic mass is 16.4. The Bertz CT molecular complexity index is 302. The number of nitrogens with two attached hydrogens (primary N) is 1. The minimum absolute atomic E-state index is 0.0164. The maximum Gasteiger partial charge on any atom is 0.304 e. The monoisotopic (exact) mass is 244 g/mol. The molecule has 0 aromatic carbocycles. The predicted octanol–water partition coefficient (Wildman–Crippen LogP) is -0.234. The van der Waals surface area contributed by atoms with E-state index in [1.165, 1.54) is 6.92 Å². The van der Waals surface area contributed by atoms with Gasteiger partial charge in [-0.15, -0.1) is 0 Å². The van der Waals surface area contributed by atoms with E-state index in [-0.39, 0.29) is 24.7 Å². The lowest BCUT2D eigenvalue weighted by Gasteiger charge is -2.19. The largest absolute Gasteiger partial charge is 0.481 e. The number of nitrogens with one attached hydrogen (secondary N) is 1. The molecule has 0 saturated carbocycles. The molecule has 4 N–H and O–H groups in total. The van der Waals surface area contributed by atoms with Crippen LogP contribution in [-0.2, 0) is 14.4 Å². The molecule has 98 valence electrons. The molecule has 0 aromatic rings. The summed E-state index contributed by atoms with van der Waals surface area (Å²) in [5.74, 6) is -2.56. The lowest BCUT2D eigenvalue weighted by molar-refractivity contribution is -0.141. The highest BCUT2D eigenvalue weighted by molar-refractivity contribution is 5.91. The number of amides is 1. The van der Waals surface area contributed by atoms with Crippen LogP contribution in [0.1, 0.15) is 27.2 Å². The van der Waals surface area contributed by atoms with Crippen LogP contribution >= 0.6 is 0 Å². The van der Waals surface area contributed by atoms with Crippen LogP contribution in [0, 0.1) is 11.8 Å². The van der Waals surface area contributed by atoms with Crippen molar-refractivity contribution in [2.45, 2.75) is 33.2 Å². The van der Waals surface area contributed by atoms with Gasteiger partial charge >= 0.3 is 5.97 Å². The summed E-state index contributed by atoms with van der Waals surface area (Å²) in [6.07, 6.45) is -0.265. The molecule has 17 heavy (non-hydrogen) atoms. The van der Waals surface area contributed by atoms with E-state index in [1.807, 2.05) is 0 Å². The molecular weight excluding hydrogens is 224 g/mol. The maximum atomic E-state index is 11.6. The van der Waals surface area contributed by atoms with Crippen molar-refractivity contribution in [3.63, 3.8) is 0 Å². The van der Waals surface area contributed by atoms with Crippen molar-refractivity contribution in [2.24, 2.45) is 17.6 Å². The van der Waals surface area contributed by atoms with Crippen LogP contribution in [0.25, 0.3) is 0 Å². The lowest BCUT2D eigenvalue weighted by atomic mass is 10.0. The number of ketones is 1. The molecule has 0 radical (unpaired) electrons. The van der Waals surface area contributed by atoms with Gasteiger partial charge in [-0.05, 0) is 0 Å². The van der Waals surface area contributed by atoms with E-state index < -0.39 is 23.8 Å². The van der Waals surface area contributed by atoms with Gasteiger partial charge in [-0.1, -0.05) is 20.8 Å². The summed E-state index contributed by atoms with van der Waals surface area (Å²) in [4.78, 5) is 33.7. The highest BCUT2D eigenvalue weighted by Gasteiger charge is 2.24. The van der Waals surface area contributed by atoms with Crippen molar-refractivity contribution in [1.82, 2.24) is 5.32 Å². The number of hydrogen-bond donors (Lipinski definition) is 3. The molecule has 2 atom stereocenters. The van der Waals surface area contributed by atoms with Crippen LogP contribution in [0.4, 0.5) is 0 Å². The van der Waals surface area contributed by atoms with E-state index in [1.54, 1.807) is 13.8 Å². The molecule has 6 heteroatoms. The standard InChI is InChI=1S/C11H20N2O4/c1-6(2)10(16)8(5-12)13-11(17)7(3)4-9(14)15/h6-8H,4-5,12H2,1-3H3,(H,13,17)(H,14,15). The normalized spacial score (nSPS) is 14.2. The van der Waals surface area contributed by atoms with Gasteiger partial charge in [0.1, 0.15) is 0 Å².